The lowest BCUT2D eigenvalue weighted by molar-refractivity contribution is -0.113. The minimum absolute atomic E-state index is 0.207. The molecular weight excluding hydrogens is 442 g/mol. The van der Waals surface area contributed by atoms with Crippen LogP contribution in [-0.4, -0.2) is 24.4 Å². The molecule has 1 amide bonds. The molecule has 0 bridgehead atoms. The first-order chi connectivity index (χ1) is 15.6. The second-order valence-electron chi connectivity index (χ2n) is 6.87. The van der Waals surface area contributed by atoms with Crippen LogP contribution in [0.4, 0.5) is 5.69 Å². The normalized spacial score (nSPS) is 14.7. The average molecular weight is 464 g/mol. The number of amides is 1. The molecule has 0 saturated carbocycles. The van der Waals surface area contributed by atoms with E-state index in [-0.39, 0.29) is 5.91 Å². The third kappa shape index (κ3) is 4.64. The summed E-state index contributed by atoms with van der Waals surface area (Å²) < 4.78 is 17.3. The van der Waals surface area contributed by atoms with Gasteiger partial charge >= 0.3 is 0 Å². The van der Waals surface area contributed by atoms with Crippen LogP contribution in [0.25, 0.3) is 6.08 Å². The first-order valence-corrected chi connectivity index (χ1v) is 11.1. The predicted molar refractivity (Wildman–Crippen MR) is 132 cm³/mol. The van der Waals surface area contributed by atoms with Crippen LogP contribution in [0.1, 0.15) is 11.1 Å². The van der Waals surface area contributed by atoms with E-state index >= 15 is 0 Å². The number of anilines is 1. The van der Waals surface area contributed by atoms with Gasteiger partial charge in [0.2, 0.25) is 0 Å². The summed E-state index contributed by atoms with van der Waals surface area (Å²) in [5, 5.41) is 0. The van der Waals surface area contributed by atoms with Gasteiger partial charge in [-0.05, 0) is 42.0 Å². The molecular formula is C25H21NO4S2. The monoisotopic (exact) mass is 463 g/mol. The van der Waals surface area contributed by atoms with Gasteiger partial charge in [-0.1, -0.05) is 66.4 Å². The van der Waals surface area contributed by atoms with Crippen molar-refractivity contribution in [3.8, 4) is 17.2 Å². The summed E-state index contributed by atoms with van der Waals surface area (Å²) in [5.41, 5.74) is 2.41. The third-order valence-corrected chi connectivity index (χ3v) is 6.16. The number of carbonyl (C=O) groups is 1. The quantitative estimate of drug-likeness (QED) is 0.331. The number of ether oxygens (including phenoxy) is 3. The van der Waals surface area contributed by atoms with E-state index in [4.69, 9.17) is 26.4 Å². The number of thiocarbonyl (C=S) groups is 1. The van der Waals surface area contributed by atoms with Gasteiger partial charge in [-0.15, -0.1) is 0 Å². The van der Waals surface area contributed by atoms with Gasteiger partial charge in [0.05, 0.1) is 24.8 Å². The van der Waals surface area contributed by atoms with Crippen molar-refractivity contribution in [2.75, 3.05) is 19.1 Å². The van der Waals surface area contributed by atoms with Crippen LogP contribution in [0.3, 0.4) is 0 Å². The number of carbonyl (C=O) groups excluding carboxylic acids is 1. The maximum absolute atomic E-state index is 13.3. The van der Waals surface area contributed by atoms with Gasteiger partial charge in [0.1, 0.15) is 23.9 Å². The summed E-state index contributed by atoms with van der Waals surface area (Å²) in [7, 11) is 3.17. The fourth-order valence-corrected chi connectivity index (χ4v) is 4.54. The Morgan fingerprint density at radius 3 is 2.44 bits per heavy atom. The van der Waals surface area contributed by atoms with E-state index in [0.29, 0.717) is 38.8 Å². The standard InChI is InChI=1S/C25H21NO4S2/c1-28-19-12-13-21(30-16-17-8-4-3-5-9-17)18(14-19)15-23-24(27)26(25(31)32-23)20-10-6-7-11-22(20)29-2/h3-15H,16H2,1-2H3/b23-15-. The molecule has 162 valence electrons. The molecule has 0 atom stereocenters. The van der Waals surface area contributed by atoms with Gasteiger partial charge in [-0.2, -0.15) is 0 Å². The zero-order valence-corrected chi connectivity index (χ0v) is 19.2. The van der Waals surface area contributed by atoms with Crippen molar-refractivity contribution in [3.63, 3.8) is 0 Å². The first-order valence-electron chi connectivity index (χ1n) is 9.86. The second-order valence-corrected chi connectivity index (χ2v) is 8.54. The number of nitrogens with zero attached hydrogens (tertiary/aromatic N) is 1. The van der Waals surface area contributed by atoms with Gasteiger partial charge in [0, 0.05) is 5.56 Å². The number of methoxy groups -OCH3 is 2. The molecule has 1 aliphatic heterocycles. The predicted octanol–water partition coefficient (Wildman–Crippen LogP) is 5.69. The lowest BCUT2D eigenvalue weighted by Gasteiger charge is -2.17. The molecule has 7 heteroatoms. The fraction of sp³-hybridized carbons (Fsp3) is 0.120. The van der Waals surface area contributed by atoms with Gasteiger partial charge in [0.15, 0.2) is 4.32 Å². The van der Waals surface area contributed by atoms with Crippen molar-refractivity contribution in [2.24, 2.45) is 0 Å². The summed E-state index contributed by atoms with van der Waals surface area (Å²) in [6.45, 7) is 0.413. The molecule has 0 radical (unpaired) electrons. The zero-order chi connectivity index (χ0) is 22.5. The Labute approximate surface area is 196 Å². The van der Waals surface area contributed by atoms with E-state index in [1.54, 1.807) is 26.4 Å². The molecule has 0 aromatic heterocycles. The van der Waals surface area contributed by atoms with E-state index < -0.39 is 0 Å². The summed E-state index contributed by atoms with van der Waals surface area (Å²) in [4.78, 5) is 15.2. The van der Waals surface area contributed by atoms with Gasteiger partial charge in [-0.3, -0.25) is 9.69 Å². The van der Waals surface area contributed by atoms with Crippen molar-refractivity contribution in [2.45, 2.75) is 6.61 Å². The van der Waals surface area contributed by atoms with Crippen LogP contribution in [-0.2, 0) is 11.4 Å². The zero-order valence-electron chi connectivity index (χ0n) is 17.6. The molecule has 3 aromatic carbocycles. The molecule has 5 nitrogen and oxygen atoms in total. The number of para-hydroxylation sites is 2. The Hall–Kier alpha value is -3.29. The number of benzene rings is 3. The van der Waals surface area contributed by atoms with Crippen LogP contribution < -0.4 is 19.1 Å². The molecule has 0 unspecified atom stereocenters. The molecule has 32 heavy (non-hydrogen) atoms. The smallest absolute Gasteiger partial charge is 0.270 e. The summed E-state index contributed by atoms with van der Waals surface area (Å²) in [5.74, 6) is 1.69. The van der Waals surface area contributed by atoms with Crippen LogP contribution >= 0.6 is 24.0 Å². The number of hydrogen-bond donors (Lipinski definition) is 0. The number of hydrogen-bond acceptors (Lipinski definition) is 6. The van der Waals surface area contributed by atoms with Crippen molar-refractivity contribution in [1.29, 1.82) is 0 Å². The largest absolute Gasteiger partial charge is 0.497 e. The highest BCUT2D eigenvalue weighted by atomic mass is 32.2. The lowest BCUT2D eigenvalue weighted by atomic mass is 10.1. The molecule has 4 rings (SSSR count). The fourth-order valence-electron chi connectivity index (χ4n) is 3.26. The lowest BCUT2D eigenvalue weighted by Crippen LogP contribution is -2.27. The van der Waals surface area contributed by atoms with E-state index in [2.05, 4.69) is 0 Å². The Morgan fingerprint density at radius 2 is 1.69 bits per heavy atom. The average Bonchev–Trinajstić information content (AvgIpc) is 3.11. The molecule has 1 heterocycles. The summed E-state index contributed by atoms with van der Waals surface area (Å²) >= 11 is 6.76. The van der Waals surface area contributed by atoms with Crippen LogP contribution in [0.5, 0.6) is 17.2 Å². The van der Waals surface area contributed by atoms with Crippen LogP contribution in [0, 0.1) is 0 Å². The van der Waals surface area contributed by atoms with E-state index in [9.17, 15) is 4.79 Å². The second kappa shape index (κ2) is 9.89. The van der Waals surface area contributed by atoms with Crippen molar-refractivity contribution in [1.82, 2.24) is 0 Å². The molecule has 0 N–H and O–H groups in total. The Morgan fingerprint density at radius 1 is 0.938 bits per heavy atom. The molecule has 3 aromatic rings. The van der Waals surface area contributed by atoms with Crippen molar-refractivity contribution >= 4 is 46.0 Å². The molecule has 0 aliphatic carbocycles. The first kappa shape index (κ1) is 21.9. The molecule has 1 fully saturated rings. The topological polar surface area (TPSA) is 48.0 Å². The highest BCUT2D eigenvalue weighted by molar-refractivity contribution is 8.27. The van der Waals surface area contributed by atoms with Gasteiger partial charge in [-0.25, -0.2) is 0 Å². The highest BCUT2D eigenvalue weighted by Gasteiger charge is 2.35. The Balaban J connectivity index is 1.65. The Bertz CT molecular complexity index is 1180. The van der Waals surface area contributed by atoms with Crippen LogP contribution in [0.2, 0.25) is 0 Å². The number of rotatable bonds is 7. The van der Waals surface area contributed by atoms with Crippen LogP contribution in [0.15, 0.2) is 77.7 Å². The third-order valence-electron chi connectivity index (χ3n) is 4.86. The maximum atomic E-state index is 13.3. The van der Waals surface area contributed by atoms with Gasteiger partial charge in [0.25, 0.3) is 5.91 Å². The SMILES string of the molecule is COc1ccc(OCc2ccccc2)c(/C=C2\SC(=S)N(c3ccccc3OC)C2=O)c1. The molecule has 1 aliphatic rings. The minimum atomic E-state index is -0.207. The Kier molecular flexibility index (Phi) is 6.78. The van der Waals surface area contributed by atoms with Crippen molar-refractivity contribution in [3.05, 3.63) is 88.8 Å². The maximum Gasteiger partial charge on any atom is 0.270 e. The molecule has 0 spiro atoms. The number of thioether (sulfide) groups is 1. The van der Waals surface area contributed by atoms with E-state index in [0.717, 1.165) is 11.1 Å². The van der Waals surface area contributed by atoms with E-state index in [1.807, 2.05) is 66.7 Å². The summed E-state index contributed by atoms with van der Waals surface area (Å²) in [6, 6.07) is 22.7. The highest BCUT2D eigenvalue weighted by Crippen LogP contribution is 2.40. The van der Waals surface area contributed by atoms with Crippen molar-refractivity contribution < 1.29 is 19.0 Å². The molecule has 1 saturated heterocycles. The van der Waals surface area contributed by atoms with Gasteiger partial charge < -0.3 is 14.2 Å². The summed E-state index contributed by atoms with van der Waals surface area (Å²) in [6.07, 6.45) is 1.79. The van der Waals surface area contributed by atoms with E-state index in [1.165, 1.54) is 16.7 Å². The minimum Gasteiger partial charge on any atom is -0.497 e.